The van der Waals surface area contributed by atoms with Crippen molar-refractivity contribution < 1.29 is 9.90 Å². The van der Waals surface area contributed by atoms with Gasteiger partial charge in [0, 0.05) is 6.42 Å². The Balaban J connectivity index is 2.01. The average molecular weight is 245 g/mol. The largest absolute Gasteiger partial charge is 0.480 e. The lowest BCUT2D eigenvalue weighted by molar-refractivity contribution is -0.138. The summed E-state index contributed by atoms with van der Waals surface area (Å²) in [5, 5.41) is 8.69. The number of nitrogens with two attached hydrogens (primary N) is 1. The predicted molar refractivity (Wildman–Crippen MR) is 68.0 cm³/mol. The van der Waals surface area contributed by atoms with E-state index in [1.807, 2.05) is 30.3 Å². The number of benzene rings is 1. The molecule has 0 bridgehead atoms. The van der Waals surface area contributed by atoms with Crippen LogP contribution in [-0.2, 0) is 11.2 Å². The van der Waals surface area contributed by atoms with Crippen LogP contribution in [0.2, 0.25) is 0 Å². The predicted octanol–water partition coefficient (Wildman–Crippen LogP) is 1.42. The zero-order chi connectivity index (χ0) is 13.0. The molecule has 4 N–H and O–H groups in total. The highest BCUT2D eigenvalue weighted by atomic mass is 16.4. The van der Waals surface area contributed by atoms with E-state index < -0.39 is 12.0 Å². The van der Waals surface area contributed by atoms with E-state index in [2.05, 4.69) is 9.97 Å². The van der Waals surface area contributed by atoms with E-state index in [0.29, 0.717) is 12.8 Å². The fraction of sp³-hybridized carbons (Fsp3) is 0.231. The Morgan fingerprint density at radius 1 is 1.39 bits per heavy atom. The molecule has 1 aromatic heterocycles. The van der Waals surface area contributed by atoms with Crippen molar-refractivity contribution >= 4 is 5.97 Å². The number of nitrogens with zero attached hydrogens (tertiary/aromatic N) is 1. The number of nitrogens with one attached hydrogen (secondary N) is 1. The summed E-state index contributed by atoms with van der Waals surface area (Å²) in [5.74, 6) is -0.226. The molecule has 18 heavy (non-hydrogen) atoms. The summed E-state index contributed by atoms with van der Waals surface area (Å²) >= 11 is 0. The molecule has 0 saturated carbocycles. The van der Waals surface area contributed by atoms with Gasteiger partial charge in [-0.15, -0.1) is 0 Å². The summed E-state index contributed by atoms with van der Waals surface area (Å²) in [6.45, 7) is 0. The molecule has 1 aromatic carbocycles. The number of H-pyrrole nitrogens is 1. The first-order valence-electron chi connectivity index (χ1n) is 5.74. The number of hydrogen-bond acceptors (Lipinski definition) is 3. The first-order chi connectivity index (χ1) is 8.66. The fourth-order valence-corrected chi connectivity index (χ4v) is 1.67. The van der Waals surface area contributed by atoms with Crippen LogP contribution in [0.5, 0.6) is 0 Å². The summed E-state index contributed by atoms with van der Waals surface area (Å²) in [4.78, 5) is 18.0. The number of aliphatic carboxylic acids is 1. The molecule has 0 aliphatic rings. The van der Waals surface area contributed by atoms with E-state index in [1.165, 1.54) is 0 Å². The van der Waals surface area contributed by atoms with Gasteiger partial charge in [-0.1, -0.05) is 30.3 Å². The van der Waals surface area contributed by atoms with Gasteiger partial charge in [0.05, 0.1) is 11.9 Å². The van der Waals surface area contributed by atoms with Crippen molar-refractivity contribution in [1.29, 1.82) is 0 Å². The molecule has 0 aliphatic carbocycles. The Morgan fingerprint density at radius 2 is 2.11 bits per heavy atom. The summed E-state index contributed by atoms with van der Waals surface area (Å²) in [7, 11) is 0. The molecular formula is C13H15N3O2. The quantitative estimate of drug-likeness (QED) is 0.742. The van der Waals surface area contributed by atoms with Crippen LogP contribution in [0.25, 0.3) is 11.3 Å². The van der Waals surface area contributed by atoms with Crippen LogP contribution >= 0.6 is 0 Å². The number of carbonyl (C=O) groups is 1. The Labute approximate surface area is 105 Å². The summed E-state index contributed by atoms with van der Waals surface area (Å²) in [5.41, 5.74) is 7.42. The smallest absolute Gasteiger partial charge is 0.320 e. The second-order valence-electron chi connectivity index (χ2n) is 4.09. The monoisotopic (exact) mass is 245 g/mol. The average Bonchev–Trinajstić information content (AvgIpc) is 2.85. The van der Waals surface area contributed by atoms with Crippen LogP contribution in [-0.4, -0.2) is 27.1 Å². The second-order valence-corrected chi connectivity index (χ2v) is 4.09. The van der Waals surface area contributed by atoms with Crippen LogP contribution in [0.3, 0.4) is 0 Å². The number of aromatic nitrogens is 2. The van der Waals surface area contributed by atoms with Gasteiger partial charge >= 0.3 is 5.97 Å². The van der Waals surface area contributed by atoms with E-state index >= 15 is 0 Å². The minimum Gasteiger partial charge on any atom is -0.480 e. The molecule has 0 saturated heterocycles. The van der Waals surface area contributed by atoms with Crippen LogP contribution in [0.15, 0.2) is 36.5 Å². The molecule has 0 radical (unpaired) electrons. The van der Waals surface area contributed by atoms with Gasteiger partial charge in [-0.3, -0.25) is 4.79 Å². The van der Waals surface area contributed by atoms with Gasteiger partial charge < -0.3 is 15.8 Å². The first kappa shape index (κ1) is 12.3. The lowest BCUT2D eigenvalue weighted by atomic mass is 10.1. The Morgan fingerprint density at radius 3 is 2.78 bits per heavy atom. The molecule has 94 valence electrons. The van der Waals surface area contributed by atoms with Crippen molar-refractivity contribution in [3.8, 4) is 11.3 Å². The molecule has 1 heterocycles. The zero-order valence-electron chi connectivity index (χ0n) is 9.84. The number of carboxylic acids is 1. The SMILES string of the molecule is N[C@@H](CCc1ncc(-c2ccccc2)[nH]1)C(=O)O. The van der Waals surface area contributed by atoms with Gasteiger partial charge in [0.2, 0.25) is 0 Å². The maximum atomic E-state index is 10.6. The standard InChI is InChI=1S/C13H15N3O2/c14-10(13(17)18)6-7-12-15-8-11(16-12)9-4-2-1-3-5-9/h1-5,8,10H,6-7,14H2,(H,15,16)(H,17,18)/t10-/m0/s1. The van der Waals surface area contributed by atoms with E-state index in [4.69, 9.17) is 10.8 Å². The van der Waals surface area contributed by atoms with Crippen LogP contribution in [0.4, 0.5) is 0 Å². The molecule has 5 heteroatoms. The molecule has 0 spiro atoms. The fourth-order valence-electron chi connectivity index (χ4n) is 1.67. The number of hydrogen-bond donors (Lipinski definition) is 3. The normalized spacial score (nSPS) is 12.3. The van der Waals surface area contributed by atoms with Crippen LogP contribution in [0, 0.1) is 0 Å². The molecule has 2 rings (SSSR count). The molecule has 0 amide bonds. The maximum Gasteiger partial charge on any atom is 0.320 e. The highest BCUT2D eigenvalue weighted by Gasteiger charge is 2.12. The molecule has 0 aliphatic heterocycles. The number of aryl methyl sites for hydroxylation is 1. The zero-order valence-corrected chi connectivity index (χ0v) is 9.84. The molecule has 1 atom stereocenters. The number of rotatable bonds is 5. The van der Waals surface area contributed by atoms with Crippen molar-refractivity contribution in [3.05, 3.63) is 42.4 Å². The molecule has 0 unspecified atom stereocenters. The third-order valence-corrected chi connectivity index (χ3v) is 2.72. The second kappa shape index (κ2) is 5.46. The van der Waals surface area contributed by atoms with Gasteiger partial charge in [0.1, 0.15) is 11.9 Å². The minimum absolute atomic E-state index is 0.372. The van der Waals surface area contributed by atoms with Gasteiger partial charge in [0.15, 0.2) is 0 Å². The molecular weight excluding hydrogens is 230 g/mol. The highest BCUT2D eigenvalue weighted by molar-refractivity contribution is 5.73. The van der Waals surface area contributed by atoms with Gasteiger partial charge in [-0.25, -0.2) is 4.98 Å². The topological polar surface area (TPSA) is 92.0 Å². The van der Waals surface area contributed by atoms with Gasteiger partial charge in [0.25, 0.3) is 0 Å². The van der Waals surface area contributed by atoms with Crippen molar-refractivity contribution in [1.82, 2.24) is 9.97 Å². The summed E-state index contributed by atoms with van der Waals surface area (Å²) in [6, 6.07) is 9.00. The van der Waals surface area contributed by atoms with E-state index in [1.54, 1.807) is 6.20 Å². The van der Waals surface area contributed by atoms with Gasteiger partial charge in [-0.2, -0.15) is 0 Å². The van der Waals surface area contributed by atoms with E-state index in [0.717, 1.165) is 17.1 Å². The Kier molecular flexibility index (Phi) is 3.74. The van der Waals surface area contributed by atoms with Crippen molar-refractivity contribution in [2.45, 2.75) is 18.9 Å². The number of aromatic amines is 1. The third kappa shape index (κ3) is 2.95. The first-order valence-corrected chi connectivity index (χ1v) is 5.74. The number of carboxylic acid groups (broad SMARTS) is 1. The van der Waals surface area contributed by atoms with Crippen molar-refractivity contribution in [2.24, 2.45) is 5.73 Å². The molecule has 2 aromatic rings. The summed E-state index contributed by atoms with van der Waals surface area (Å²) < 4.78 is 0. The van der Waals surface area contributed by atoms with E-state index in [9.17, 15) is 4.79 Å². The maximum absolute atomic E-state index is 10.6. The Hall–Kier alpha value is -2.14. The molecule has 5 nitrogen and oxygen atoms in total. The lowest BCUT2D eigenvalue weighted by Gasteiger charge is -2.03. The van der Waals surface area contributed by atoms with Crippen LogP contribution < -0.4 is 5.73 Å². The summed E-state index contributed by atoms with van der Waals surface area (Å²) in [6.07, 6.45) is 2.65. The molecule has 0 fully saturated rings. The van der Waals surface area contributed by atoms with Crippen LogP contribution in [0.1, 0.15) is 12.2 Å². The Bertz CT molecular complexity index is 522. The lowest BCUT2D eigenvalue weighted by Crippen LogP contribution is -2.30. The van der Waals surface area contributed by atoms with Crippen molar-refractivity contribution in [2.75, 3.05) is 0 Å². The third-order valence-electron chi connectivity index (χ3n) is 2.72. The van der Waals surface area contributed by atoms with E-state index in [-0.39, 0.29) is 0 Å². The van der Waals surface area contributed by atoms with Gasteiger partial charge in [-0.05, 0) is 12.0 Å². The minimum atomic E-state index is -0.982. The van der Waals surface area contributed by atoms with Crippen molar-refractivity contribution in [3.63, 3.8) is 0 Å². The number of imidazole rings is 1. The highest BCUT2D eigenvalue weighted by Crippen LogP contribution is 2.16.